The molecule has 0 aromatic rings. The fourth-order valence-corrected chi connectivity index (χ4v) is 1.57. The van der Waals surface area contributed by atoms with Gasteiger partial charge in [0.2, 0.25) is 5.91 Å². The molecule has 98 valence electrons. The molecule has 0 spiro atoms. The van der Waals surface area contributed by atoms with Crippen molar-refractivity contribution >= 4 is 11.9 Å². The first-order chi connectivity index (χ1) is 8.15. The highest BCUT2D eigenvalue weighted by Gasteiger charge is 2.23. The van der Waals surface area contributed by atoms with Crippen molar-refractivity contribution in [1.82, 2.24) is 10.2 Å². The lowest BCUT2D eigenvalue weighted by Gasteiger charge is -2.19. The molecule has 5 nitrogen and oxygen atoms in total. The van der Waals surface area contributed by atoms with Crippen LogP contribution in [0.25, 0.3) is 0 Å². The molecule has 1 rings (SSSR count). The van der Waals surface area contributed by atoms with Crippen LogP contribution in [-0.2, 0) is 14.3 Å². The van der Waals surface area contributed by atoms with Crippen molar-refractivity contribution in [2.75, 3.05) is 26.7 Å². The standard InChI is InChI=1S/C12H22N2O3/c1-3-14(9-7-12(16)17-2)8-6-11(15)13-10-4-5-10/h10H,3-9H2,1-2H3,(H,13,15). The van der Waals surface area contributed by atoms with E-state index in [0.717, 1.165) is 19.4 Å². The first-order valence-corrected chi connectivity index (χ1v) is 6.24. The third-order valence-electron chi connectivity index (χ3n) is 2.90. The zero-order chi connectivity index (χ0) is 12.7. The summed E-state index contributed by atoms with van der Waals surface area (Å²) in [6.45, 7) is 4.22. The van der Waals surface area contributed by atoms with Crippen LogP contribution in [-0.4, -0.2) is 49.6 Å². The van der Waals surface area contributed by atoms with Gasteiger partial charge in [0.05, 0.1) is 13.5 Å². The van der Waals surface area contributed by atoms with Gasteiger partial charge in [-0.1, -0.05) is 6.92 Å². The zero-order valence-electron chi connectivity index (χ0n) is 10.7. The Hall–Kier alpha value is -1.10. The highest BCUT2D eigenvalue weighted by Crippen LogP contribution is 2.18. The van der Waals surface area contributed by atoms with E-state index in [1.807, 2.05) is 6.92 Å². The second kappa shape index (κ2) is 7.27. The van der Waals surface area contributed by atoms with Gasteiger partial charge in [0.1, 0.15) is 0 Å². The monoisotopic (exact) mass is 242 g/mol. The van der Waals surface area contributed by atoms with Gasteiger partial charge in [-0.05, 0) is 19.4 Å². The van der Waals surface area contributed by atoms with E-state index in [4.69, 9.17) is 0 Å². The summed E-state index contributed by atoms with van der Waals surface area (Å²) in [7, 11) is 1.39. The van der Waals surface area contributed by atoms with E-state index in [0.29, 0.717) is 32.0 Å². The predicted octanol–water partition coefficient (Wildman–Crippen LogP) is 0.540. The molecule has 0 aliphatic heterocycles. The van der Waals surface area contributed by atoms with Crippen LogP contribution in [0.4, 0.5) is 0 Å². The summed E-state index contributed by atoms with van der Waals surface area (Å²) >= 11 is 0. The third-order valence-corrected chi connectivity index (χ3v) is 2.90. The van der Waals surface area contributed by atoms with Crippen LogP contribution in [0.1, 0.15) is 32.6 Å². The third kappa shape index (κ3) is 6.26. The van der Waals surface area contributed by atoms with Crippen molar-refractivity contribution in [3.8, 4) is 0 Å². The summed E-state index contributed by atoms with van der Waals surface area (Å²) in [5.74, 6) is -0.0881. The first kappa shape index (κ1) is 14.0. The number of hydrogen-bond acceptors (Lipinski definition) is 4. The molecule has 1 fully saturated rings. The normalized spacial score (nSPS) is 14.8. The lowest BCUT2D eigenvalue weighted by molar-refractivity contribution is -0.140. The number of hydrogen-bond donors (Lipinski definition) is 1. The number of rotatable bonds is 8. The smallest absolute Gasteiger partial charge is 0.306 e. The minimum atomic E-state index is -0.203. The molecule has 0 aromatic carbocycles. The van der Waals surface area contributed by atoms with E-state index in [1.165, 1.54) is 7.11 Å². The Morgan fingerprint density at radius 3 is 2.47 bits per heavy atom. The number of esters is 1. The summed E-state index contributed by atoms with van der Waals surface area (Å²) < 4.78 is 4.59. The van der Waals surface area contributed by atoms with E-state index in [2.05, 4.69) is 15.0 Å². The minimum absolute atomic E-state index is 0.115. The summed E-state index contributed by atoms with van der Waals surface area (Å²) in [4.78, 5) is 24.6. The average Bonchev–Trinajstić information content (AvgIpc) is 3.12. The average molecular weight is 242 g/mol. The van der Waals surface area contributed by atoms with Crippen molar-refractivity contribution in [2.24, 2.45) is 0 Å². The fourth-order valence-electron chi connectivity index (χ4n) is 1.57. The van der Waals surface area contributed by atoms with Crippen LogP contribution in [0.15, 0.2) is 0 Å². The molecule has 17 heavy (non-hydrogen) atoms. The van der Waals surface area contributed by atoms with Crippen molar-refractivity contribution < 1.29 is 14.3 Å². The van der Waals surface area contributed by atoms with Gasteiger partial charge in [-0.2, -0.15) is 0 Å². The summed E-state index contributed by atoms with van der Waals surface area (Å²) in [5.41, 5.74) is 0. The predicted molar refractivity (Wildman–Crippen MR) is 64.5 cm³/mol. The van der Waals surface area contributed by atoms with Gasteiger partial charge in [-0.3, -0.25) is 9.59 Å². The van der Waals surface area contributed by atoms with Crippen molar-refractivity contribution in [3.05, 3.63) is 0 Å². The molecule has 5 heteroatoms. The molecule has 1 aliphatic carbocycles. The minimum Gasteiger partial charge on any atom is -0.469 e. The van der Waals surface area contributed by atoms with Crippen LogP contribution in [0.2, 0.25) is 0 Å². The quantitative estimate of drug-likeness (QED) is 0.631. The molecule has 1 N–H and O–H groups in total. The molecule has 1 amide bonds. The van der Waals surface area contributed by atoms with Crippen molar-refractivity contribution in [1.29, 1.82) is 0 Å². The van der Waals surface area contributed by atoms with Crippen LogP contribution in [0.5, 0.6) is 0 Å². The number of amides is 1. The molecule has 0 heterocycles. The maximum Gasteiger partial charge on any atom is 0.306 e. The largest absolute Gasteiger partial charge is 0.469 e. The molecule has 0 unspecified atom stereocenters. The number of methoxy groups -OCH3 is 1. The Labute approximate surface area is 102 Å². The van der Waals surface area contributed by atoms with Gasteiger partial charge < -0.3 is 15.0 Å². The van der Waals surface area contributed by atoms with Gasteiger partial charge in [0, 0.05) is 25.6 Å². The van der Waals surface area contributed by atoms with E-state index >= 15 is 0 Å². The number of nitrogens with one attached hydrogen (secondary N) is 1. The number of nitrogens with zero attached hydrogens (tertiary/aromatic N) is 1. The SMILES string of the molecule is CCN(CCC(=O)NC1CC1)CCC(=O)OC. The van der Waals surface area contributed by atoms with Crippen molar-refractivity contribution in [2.45, 2.75) is 38.6 Å². The second-order valence-electron chi connectivity index (χ2n) is 4.35. The van der Waals surface area contributed by atoms with Gasteiger partial charge in [-0.25, -0.2) is 0 Å². The van der Waals surface area contributed by atoms with Crippen LogP contribution in [0, 0.1) is 0 Å². The Bertz CT molecular complexity index is 264. The van der Waals surface area contributed by atoms with Gasteiger partial charge in [0.15, 0.2) is 0 Å². The Morgan fingerprint density at radius 1 is 1.29 bits per heavy atom. The molecular weight excluding hydrogens is 220 g/mol. The molecule has 0 atom stereocenters. The topological polar surface area (TPSA) is 58.6 Å². The van der Waals surface area contributed by atoms with Crippen LogP contribution < -0.4 is 5.32 Å². The molecule has 1 saturated carbocycles. The fraction of sp³-hybridized carbons (Fsp3) is 0.833. The first-order valence-electron chi connectivity index (χ1n) is 6.24. The van der Waals surface area contributed by atoms with Gasteiger partial charge in [0.25, 0.3) is 0 Å². The molecular formula is C12H22N2O3. The van der Waals surface area contributed by atoms with Crippen molar-refractivity contribution in [3.63, 3.8) is 0 Å². The van der Waals surface area contributed by atoms with Crippen LogP contribution >= 0.6 is 0 Å². The van der Waals surface area contributed by atoms with Gasteiger partial charge >= 0.3 is 5.97 Å². The molecule has 0 radical (unpaired) electrons. The number of carbonyl (C=O) groups is 2. The highest BCUT2D eigenvalue weighted by molar-refractivity contribution is 5.76. The Balaban J connectivity index is 2.12. The van der Waals surface area contributed by atoms with Crippen LogP contribution in [0.3, 0.4) is 0 Å². The second-order valence-corrected chi connectivity index (χ2v) is 4.35. The maximum absolute atomic E-state index is 11.5. The summed E-state index contributed by atoms with van der Waals surface area (Å²) in [6, 6.07) is 0.424. The molecule has 0 bridgehead atoms. The molecule has 1 aliphatic rings. The number of ether oxygens (including phenoxy) is 1. The highest BCUT2D eigenvalue weighted by atomic mass is 16.5. The summed E-state index contributed by atoms with van der Waals surface area (Å²) in [5, 5.41) is 2.95. The lowest BCUT2D eigenvalue weighted by atomic mass is 10.3. The summed E-state index contributed by atoms with van der Waals surface area (Å²) in [6.07, 6.45) is 3.12. The van der Waals surface area contributed by atoms with E-state index in [1.54, 1.807) is 0 Å². The number of carbonyl (C=O) groups excluding carboxylic acids is 2. The van der Waals surface area contributed by atoms with E-state index in [-0.39, 0.29) is 11.9 Å². The lowest BCUT2D eigenvalue weighted by Crippen LogP contribution is -2.33. The maximum atomic E-state index is 11.5. The van der Waals surface area contributed by atoms with E-state index < -0.39 is 0 Å². The zero-order valence-corrected chi connectivity index (χ0v) is 10.7. The Kier molecular flexibility index (Phi) is 5.97. The van der Waals surface area contributed by atoms with Gasteiger partial charge in [-0.15, -0.1) is 0 Å². The Morgan fingerprint density at radius 2 is 1.94 bits per heavy atom. The molecule has 0 saturated heterocycles. The molecule has 0 aromatic heterocycles. The van der Waals surface area contributed by atoms with E-state index in [9.17, 15) is 9.59 Å².